The Balaban J connectivity index is 1.74. The number of nitro benzene ring substituents is 1. The van der Waals surface area contributed by atoms with Gasteiger partial charge in [-0.15, -0.1) is 11.8 Å². The molecule has 0 saturated heterocycles. The van der Waals surface area contributed by atoms with Crippen LogP contribution in [0.2, 0.25) is 0 Å². The number of halogens is 1. The molecule has 1 N–H and O–H groups in total. The van der Waals surface area contributed by atoms with Gasteiger partial charge in [0.05, 0.1) is 4.92 Å². The SMILES string of the molecule is C[C@H](Sc1ccc([N+](=O)[O-])cc1)C(=O)OCC(=O)NCc1ccc(F)cc1. The van der Waals surface area contributed by atoms with E-state index in [1.54, 1.807) is 31.2 Å². The molecule has 1 amide bonds. The van der Waals surface area contributed by atoms with Gasteiger partial charge < -0.3 is 10.1 Å². The van der Waals surface area contributed by atoms with Crippen molar-refractivity contribution in [3.8, 4) is 0 Å². The van der Waals surface area contributed by atoms with E-state index in [1.807, 2.05) is 0 Å². The first-order valence-electron chi connectivity index (χ1n) is 7.94. The monoisotopic (exact) mass is 392 g/mol. The lowest BCUT2D eigenvalue weighted by Gasteiger charge is -2.11. The fourth-order valence-electron chi connectivity index (χ4n) is 2.01. The smallest absolute Gasteiger partial charge is 0.319 e. The summed E-state index contributed by atoms with van der Waals surface area (Å²) in [6.45, 7) is 1.39. The minimum absolute atomic E-state index is 0.0348. The van der Waals surface area contributed by atoms with E-state index < -0.39 is 28.7 Å². The normalized spacial score (nSPS) is 11.5. The molecule has 27 heavy (non-hydrogen) atoms. The third-order valence-corrected chi connectivity index (χ3v) is 4.53. The van der Waals surface area contributed by atoms with Gasteiger partial charge in [0.2, 0.25) is 0 Å². The van der Waals surface area contributed by atoms with E-state index in [4.69, 9.17) is 4.74 Å². The van der Waals surface area contributed by atoms with E-state index in [0.29, 0.717) is 4.90 Å². The van der Waals surface area contributed by atoms with Crippen molar-refractivity contribution >= 4 is 29.3 Å². The summed E-state index contributed by atoms with van der Waals surface area (Å²) in [7, 11) is 0. The number of carbonyl (C=O) groups is 2. The summed E-state index contributed by atoms with van der Waals surface area (Å²) < 4.78 is 17.8. The lowest BCUT2D eigenvalue weighted by molar-refractivity contribution is -0.384. The van der Waals surface area contributed by atoms with Crippen LogP contribution in [0.1, 0.15) is 12.5 Å². The Bertz CT molecular complexity index is 812. The highest BCUT2D eigenvalue weighted by molar-refractivity contribution is 8.00. The average molecular weight is 392 g/mol. The van der Waals surface area contributed by atoms with Crippen LogP contribution < -0.4 is 5.32 Å². The van der Waals surface area contributed by atoms with Crippen molar-refractivity contribution in [3.63, 3.8) is 0 Å². The first kappa shape index (κ1) is 20.4. The Morgan fingerprint density at radius 3 is 2.41 bits per heavy atom. The highest BCUT2D eigenvalue weighted by Gasteiger charge is 2.18. The van der Waals surface area contributed by atoms with Crippen molar-refractivity contribution in [2.75, 3.05) is 6.61 Å². The maximum atomic E-state index is 12.8. The van der Waals surface area contributed by atoms with Crippen LogP contribution in [0.3, 0.4) is 0 Å². The van der Waals surface area contributed by atoms with Crippen LogP contribution in [0, 0.1) is 15.9 Å². The Morgan fingerprint density at radius 2 is 1.81 bits per heavy atom. The van der Waals surface area contributed by atoms with Gasteiger partial charge in [0.15, 0.2) is 6.61 Å². The van der Waals surface area contributed by atoms with Crippen LogP contribution in [0.5, 0.6) is 0 Å². The standard InChI is InChI=1S/C18H17FN2O5S/c1-12(27-16-8-6-15(7-9-16)21(24)25)18(23)26-11-17(22)20-10-13-2-4-14(19)5-3-13/h2-9,12H,10-11H2,1H3,(H,20,22)/t12-/m0/s1. The molecule has 7 nitrogen and oxygen atoms in total. The third-order valence-electron chi connectivity index (χ3n) is 3.44. The molecule has 0 heterocycles. The van der Waals surface area contributed by atoms with Crippen LogP contribution in [0.25, 0.3) is 0 Å². The summed E-state index contributed by atoms with van der Waals surface area (Å²) in [6, 6.07) is 11.5. The quantitative estimate of drug-likeness (QED) is 0.321. The van der Waals surface area contributed by atoms with Gasteiger partial charge in [-0.25, -0.2) is 4.39 Å². The number of benzene rings is 2. The van der Waals surface area contributed by atoms with E-state index >= 15 is 0 Å². The second kappa shape index (κ2) is 9.67. The van der Waals surface area contributed by atoms with Crippen LogP contribution in [-0.2, 0) is 20.9 Å². The maximum absolute atomic E-state index is 12.8. The number of esters is 1. The number of nitrogens with zero attached hydrogens (tertiary/aromatic N) is 1. The Hall–Kier alpha value is -2.94. The predicted octanol–water partition coefficient (Wildman–Crippen LogP) is 3.07. The molecule has 2 rings (SSSR count). The number of carbonyl (C=O) groups excluding carboxylic acids is 2. The number of rotatable bonds is 8. The first-order chi connectivity index (χ1) is 12.8. The lowest BCUT2D eigenvalue weighted by atomic mass is 10.2. The largest absolute Gasteiger partial charge is 0.455 e. The third kappa shape index (κ3) is 6.70. The number of ether oxygens (including phenoxy) is 1. The summed E-state index contributed by atoms with van der Waals surface area (Å²) >= 11 is 1.17. The zero-order valence-electron chi connectivity index (χ0n) is 14.4. The topological polar surface area (TPSA) is 98.5 Å². The minimum atomic E-state index is -0.587. The van der Waals surface area contributed by atoms with Gasteiger partial charge in [0.25, 0.3) is 11.6 Å². The fraction of sp³-hybridized carbons (Fsp3) is 0.222. The molecule has 1 atom stereocenters. The number of thioether (sulfide) groups is 1. The molecular formula is C18H17FN2O5S. The second-order valence-corrected chi connectivity index (χ2v) is 6.94. The first-order valence-corrected chi connectivity index (χ1v) is 8.82. The van der Waals surface area contributed by atoms with Gasteiger partial charge in [-0.3, -0.25) is 19.7 Å². The molecule has 0 spiro atoms. The molecule has 0 aliphatic carbocycles. The highest BCUT2D eigenvalue weighted by Crippen LogP contribution is 2.25. The molecule has 0 bridgehead atoms. The molecule has 142 valence electrons. The summed E-state index contributed by atoms with van der Waals surface area (Å²) in [5.41, 5.74) is 0.686. The van der Waals surface area contributed by atoms with Crippen LogP contribution in [-0.4, -0.2) is 28.7 Å². The van der Waals surface area contributed by atoms with Crippen molar-refractivity contribution < 1.29 is 23.6 Å². The highest BCUT2D eigenvalue weighted by atomic mass is 32.2. The van der Waals surface area contributed by atoms with Crippen molar-refractivity contribution in [1.29, 1.82) is 0 Å². The van der Waals surface area contributed by atoms with Gasteiger partial charge in [-0.05, 0) is 36.8 Å². The summed E-state index contributed by atoms with van der Waals surface area (Å²) in [5.74, 6) is -1.41. The number of nitro groups is 1. The Labute approximate surface area is 159 Å². The van der Waals surface area contributed by atoms with Crippen molar-refractivity contribution in [2.45, 2.75) is 23.6 Å². The van der Waals surface area contributed by atoms with Gasteiger partial charge in [0, 0.05) is 23.6 Å². The van der Waals surface area contributed by atoms with Crippen LogP contribution >= 0.6 is 11.8 Å². The van der Waals surface area contributed by atoms with Gasteiger partial charge in [0.1, 0.15) is 11.1 Å². The van der Waals surface area contributed by atoms with Gasteiger partial charge in [-0.1, -0.05) is 12.1 Å². The van der Waals surface area contributed by atoms with Crippen LogP contribution in [0.15, 0.2) is 53.4 Å². The zero-order valence-corrected chi connectivity index (χ0v) is 15.2. The molecule has 0 saturated carbocycles. The number of hydrogen-bond acceptors (Lipinski definition) is 6. The summed E-state index contributed by atoms with van der Waals surface area (Å²) in [4.78, 5) is 34.5. The number of nitrogens with one attached hydrogen (secondary N) is 1. The zero-order chi connectivity index (χ0) is 19.8. The average Bonchev–Trinajstić information content (AvgIpc) is 2.66. The molecule has 9 heteroatoms. The second-order valence-electron chi connectivity index (χ2n) is 5.52. The molecule has 0 radical (unpaired) electrons. The maximum Gasteiger partial charge on any atom is 0.319 e. The predicted molar refractivity (Wildman–Crippen MR) is 97.6 cm³/mol. The van der Waals surface area contributed by atoms with Crippen molar-refractivity contribution in [3.05, 3.63) is 70.0 Å². The molecule has 0 aliphatic heterocycles. The minimum Gasteiger partial charge on any atom is -0.455 e. The summed E-state index contributed by atoms with van der Waals surface area (Å²) in [5, 5.41) is 12.6. The van der Waals surface area contributed by atoms with Crippen LogP contribution in [0.4, 0.5) is 10.1 Å². The van der Waals surface area contributed by atoms with E-state index in [-0.39, 0.29) is 18.0 Å². The van der Waals surface area contributed by atoms with Crippen molar-refractivity contribution in [1.82, 2.24) is 5.32 Å². The Morgan fingerprint density at radius 1 is 1.19 bits per heavy atom. The molecule has 2 aromatic carbocycles. The Kier molecular flexibility index (Phi) is 7.30. The molecule has 0 aromatic heterocycles. The van der Waals surface area contributed by atoms with E-state index in [2.05, 4.69) is 5.32 Å². The number of hydrogen-bond donors (Lipinski definition) is 1. The van der Waals surface area contributed by atoms with E-state index in [1.165, 1.54) is 36.0 Å². The summed E-state index contributed by atoms with van der Waals surface area (Å²) in [6.07, 6.45) is 0. The molecule has 0 aliphatic rings. The molecule has 0 unspecified atom stereocenters. The molecule has 0 fully saturated rings. The lowest BCUT2D eigenvalue weighted by Crippen LogP contribution is -2.30. The molecule has 2 aromatic rings. The fourth-order valence-corrected chi connectivity index (χ4v) is 2.87. The van der Waals surface area contributed by atoms with Gasteiger partial charge >= 0.3 is 5.97 Å². The number of non-ortho nitro benzene ring substituents is 1. The van der Waals surface area contributed by atoms with E-state index in [0.717, 1.165) is 5.56 Å². The van der Waals surface area contributed by atoms with Crippen molar-refractivity contribution in [2.24, 2.45) is 0 Å². The van der Waals surface area contributed by atoms with E-state index in [9.17, 15) is 24.1 Å². The number of amides is 1. The van der Waals surface area contributed by atoms with Gasteiger partial charge in [-0.2, -0.15) is 0 Å². The molecular weight excluding hydrogens is 375 g/mol.